The molecule has 7 heteroatoms. The monoisotopic (exact) mass is 323 g/mol. The van der Waals surface area contributed by atoms with Gasteiger partial charge in [0.2, 0.25) is 0 Å². The Morgan fingerprint density at radius 2 is 2.38 bits per heavy atom. The highest BCUT2D eigenvalue weighted by Gasteiger charge is 2.30. The summed E-state index contributed by atoms with van der Waals surface area (Å²) in [6.45, 7) is 2.77. The fourth-order valence-electron chi connectivity index (χ4n) is 2.57. The third-order valence-electron chi connectivity index (χ3n) is 3.79. The molecule has 2 heterocycles. The molecule has 0 bridgehead atoms. The maximum atomic E-state index is 11.3. The molecule has 0 aromatic carbocycles. The number of aliphatic carboxylic acids is 1. The van der Waals surface area contributed by atoms with Crippen molar-refractivity contribution in [2.45, 2.75) is 38.6 Å². The molecule has 0 fully saturated rings. The second kappa shape index (κ2) is 5.73. The van der Waals surface area contributed by atoms with Crippen LogP contribution in [0.25, 0.3) is 0 Å². The summed E-state index contributed by atoms with van der Waals surface area (Å²) in [5, 5.41) is 10.2. The first-order chi connectivity index (χ1) is 10.1. The lowest BCUT2D eigenvalue weighted by molar-refractivity contribution is -0.139. The number of thiazole rings is 2. The van der Waals surface area contributed by atoms with Crippen molar-refractivity contribution in [1.82, 2.24) is 9.97 Å². The summed E-state index contributed by atoms with van der Waals surface area (Å²) in [5.41, 5.74) is 3.68. The molecule has 1 N–H and O–H groups in total. The molecule has 0 radical (unpaired) electrons. The smallest absolute Gasteiger partial charge is 0.312 e. The van der Waals surface area contributed by atoms with Crippen molar-refractivity contribution in [3.8, 4) is 0 Å². The molecule has 1 aliphatic carbocycles. The zero-order valence-electron chi connectivity index (χ0n) is 12.0. The highest BCUT2D eigenvalue weighted by atomic mass is 32.1. The third-order valence-corrected chi connectivity index (χ3v) is 5.96. The van der Waals surface area contributed by atoms with Crippen molar-refractivity contribution in [1.29, 1.82) is 0 Å². The molecular weight excluding hydrogens is 306 g/mol. The molecular formula is C14H17N3O2S2. The van der Waals surface area contributed by atoms with Crippen LogP contribution >= 0.6 is 22.7 Å². The second-order valence-corrected chi connectivity index (χ2v) is 7.31. The topological polar surface area (TPSA) is 66.3 Å². The van der Waals surface area contributed by atoms with E-state index in [9.17, 15) is 9.90 Å². The van der Waals surface area contributed by atoms with E-state index in [0.29, 0.717) is 6.42 Å². The maximum absolute atomic E-state index is 11.3. The number of carbonyl (C=O) groups is 1. The van der Waals surface area contributed by atoms with E-state index in [1.807, 2.05) is 19.5 Å². The van der Waals surface area contributed by atoms with Gasteiger partial charge in [0, 0.05) is 16.8 Å². The van der Waals surface area contributed by atoms with Gasteiger partial charge in [0.25, 0.3) is 0 Å². The predicted octanol–water partition coefficient (Wildman–Crippen LogP) is 3.05. The maximum Gasteiger partial charge on any atom is 0.312 e. The molecule has 1 unspecified atom stereocenters. The van der Waals surface area contributed by atoms with E-state index in [1.165, 1.54) is 4.88 Å². The van der Waals surface area contributed by atoms with Crippen LogP contribution in [0.15, 0.2) is 5.51 Å². The minimum absolute atomic E-state index is 0.433. The van der Waals surface area contributed by atoms with Gasteiger partial charge in [-0.1, -0.05) is 0 Å². The molecule has 2 aromatic rings. The number of hydrogen-bond donors (Lipinski definition) is 1. The van der Waals surface area contributed by atoms with Crippen molar-refractivity contribution in [3.63, 3.8) is 0 Å². The van der Waals surface area contributed by atoms with Crippen molar-refractivity contribution in [2.75, 3.05) is 11.9 Å². The van der Waals surface area contributed by atoms with E-state index < -0.39 is 11.9 Å². The van der Waals surface area contributed by atoms with Gasteiger partial charge in [-0.25, -0.2) is 9.97 Å². The lowest BCUT2D eigenvalue weighted by Crippen LogP contribution is -2.18. The van der Waals surface area contributed by atoms with E-state index in [2.05, 4.69) is 14.9 Å². The van der Waals surface area contributed by atoms with Crippen LogP contribution in [0, 0.1) is 6.92 Å². The minimum atomic E-state index is -0.756. The first-order valence-electron chi connectivity index (χ1n) is 6.88. The zero-order chi connectivity index (χ0) is 15.0. The standard InChI is InChI=1S/C14H17N3O2S2/c1-8-11(20-7-15-8)6-17(2)14-16-12-9(13(18)19)4-3-5-10(12)21-14/h7,9H,3-6H2,1-2H3,(H,18,19). The summed E-state index contributed by atoms with van der Waals surface area (Å²) in [7, 11) is 2.00. The minimum Gasteiger partial charge on any atom is -0.481 e. The van der Waals surface area contributed by atoms with Gasteiger partial charge in [-0.3, -0.25) is 4.79 Å². The quantitative estimate of drug-likeness (QED) is 0.937. The lowest BCUT2D eigenvalue weighted by atomic mass is 9.91. The van der Waals surface area contributed by atoms with Gasteiger partial charge in [-0.15, -0.1) is 22.7 Å². The van der Waals surface area contributed by atoms with Crippen LogP contribution < -0.4 is 4.90 Å². The van der Waals surface area contributed by atoms with Gasteiger partial charge < -0.3 is 10.0 Å². The van der Waals surface area contributed by atoms with Crippen molar-refractivity contribution >= 4 is 33.8 Å². The van der Waals surface area contributed by atoms with Crippen LogP contribution in [0.5, 0.6) is 0 Å². The summed E-state index contributed by atoms with van der Waals surface area (Å²) in [5.74, 6) is -1.19. The summed E-state index contributed by atoms with van der Waals surface area (Å²) in [4.78, 5) is 24.7. The summed E-state index contributed by atoms with van der Waals surface area (Å²) in [6, 6.07) is 0. The molecule has 0 saturated heterocycles. The molecule has 1 aliphatic rings. The molecule has 5 nitrogen and oxygen atoms in total. The molecule has 0 spiro atoms. The Morgan fingerprint density at radius 3 is 3.05 bits per heavy atom. The largest absolute Gasteiger partial charge is 0.481 e. The number of carboxylic acid groups (broad SMARTS) is 1. The summed E-state index contributed by atoms with van der Waals surface area (Å²) in [6.07, 6.45) is 2.58. The predicted molar refractivity (Wildman–Crippen MR) is 84.4 cm³/mol. The van der Waals surface area contributed by atoms with Gasteiger partial charge in [-0.2, -0.15) is 0 Å². The van der Waals surface area contributed by atoms with Crippen LogP contribution in [-0.2, 0) is 17.8 Å². The van der Waals surface area contributed by atoms with E-state index in [-0.39, 0.29) is 0 Å². The first kappa shape index (κ1) is 14.5. The van der Waals surface area contributed by atoms with Gasteiger partial charge in [0.1, 0.15) is 5.92 Å². The number of nitrogens with zero attached hydrogens (tertiary/aromatic N) is 3. The third kappa shape index (κ3) is 2.80. The fourth-order valence-corrected chi connectivity index (χ4v) is 4.52. The first-order valence-corrected chi connectivity index (χ1v) is 8.58. The van der Waals surface area contributed by atoms with Crippen LogP contribution in [0.2, 0.25) is 0 Å². The van der Waals surface area contributed by atoms with Gasteiger partial charge in [0.15, 0.2) is 5.13 Å². The molecule has 2 aromatic heterocycles. The van der Waals surface area contributed by atoms with Gasteiger partial charge >= 0.3 is 5.97 Å². The number of rotatable bonds is 4. The number of aryl methyl sites for hydroxylation is 2. The highest BCUT2D eigenvalue weighted by molar-refractivity contribution is 7.15. The number of anilines is 1. The second-order valence-electron chi connectivity index (χ2n) is 5.30. The molecule has 112 valence electrons. The average Bonchev–Trinajstić information content (AvgIpc) is 3.04. The van der Waals surface area contributed by atoms with Crippen LogP contribution in [-0.4, -0.2) is 28.1 Å². The van der Waals surface area contributed by atoms with Crippen LogP contribution in [0.4, 0.5) is 5.13 Å². The molecule has 0 saturated carbocycles. The average molecular weight is 323 g/mol. The zero-order valence-corrected chi connectivity index (χ0v) is 13.6. The summed E-state index contributed by atoms with van der Waals surface area (Å²) >= 11 is 3.27. The summed E-state index contributed by atoms with van der Waals surface area (Å²) < 4.78 is 0. The van der Waals surface area contributed by atoms with Crippen LogP contribution in [0.3, 0.4) is 0 Å². The van der Waals surface area contributed by atoms with Crippen molar-refractivity contribution < 1.29 is 9.90 Å². The number of hydrogen-bond acceptors (Lipinski definition) is 6. The molecule has 0 aliphatic heterocycles. The molecule has 3 rings (SSSR count). The Balaban J connectivity index is 1.83. The van der Waals surface area contributed by atoms with Crippen molar-refractivity contribution in [2.24, 2.45) is 0 Å². The Morgan fingerprint density at radius 1 is 1.57 bits per heavy atom. The fraction of sp³-hybridized carbons (Fsp3) is 0.500. The molecule has 1 atom stereocenters. The van der Waals surface area contributed by atoms with Gasteiger partial charge in [-0.05, 0) is 26.2 Å². The van der Waals surface area contributed by atoms with Crippen LogP contribution in [0.1, 0.15) is 39.9 Å². The molecule has 0 amide bonds. The van der Waals surface area contributed by atoms with Crippen molar-refractivity contribution in [3.05, 3.63) is 26.7 Å². The van der Waals surface area contributed by atoms with E-state index in [1.54, 1.807) is 22.7 Å². The number of carboxylic acids is 1. The van der Waals surface area contributed by atoms with E-state index in [4.69, 9.17) is 0 Å². The Hall–Kier alpha value is -1.47. The molecule has 21 heavy (non-hydrogen) atoms. The van der Waals surface area contributed by atoms with Gasteiger partial charge in [0.05, 0.1) is 23.4 Å². The van der Waals surface area contributed by atoms with E-state index in [0.717, 1.165) is 40.8 Å². The Bertz CT molecular complexity index is 665. The Kier molecular flexibility index (Phi) is 3.95. The highest BCUT2D eigenvalue weighted by Crippen LogP contribution is 2.38. The normalized spacial score (nSPS) is 17.5. The number of aromatic nitrogens is 2. The SMILES string of the molecule is Cc1ncsc1CN(C)c1nc2c(s1)CCCC2C(=O)O. The number of fused-ring (bicyclic) bond motifs is 1. The lowest BCUT2D eigenvalue weighted by Gasteiger charge is -2.16. The Labute approximate surface area is 131 Å². The van der Waals surface area contributed by atoms with E-state index >= 15 is 0 Å².